The van der Waals surface area contributed by atoms with E-state index in [0.717, 1.165) is 39.0 Å². The first-order chi connectivity index (χ1) is 12.1. The second-order valence-corrected chi connectivity index (χ2v) is 8.56. The minimum absolute atomic E-state index is 0.0853. The molecule has 0 radical (unpaired) electrons. The van der Waals surface area contributed by atoms with Crippen LogP contribution in [0.3, 0.4) is 0 Å². The van der Waals surface area contributed by atoms with Crippen LogP contribution in [0.25, 0.3) is 0 Å². The lowest BCUT2D eigenvalue weighted by Crippen LogP contribution is -2.55. The van der Waals surface area contributed by atoms with E-state index in [1.165, 1.54) is 25.7 Å². The molecule has 6 nitrogen and oxygen atoms in total. The Morgan fingerprint density at radius 3 is 2.28 bits per heavy atom. The van der Waals surface area contributed by atoms with Gasteiger partial charge in [0.2, 0.25) is 11.8 Å². The molecule has 140 valence electrons. The molecule has 0 spiro atoms. The Bertz CT molecular complexity index is 502. The van der Waals surface area contributed by atoms with Crippen molar-refractivity contribution in [3.8, 4) is 0 Å². The fourth-order valence-corrected chi connectivity index (χ4v) is 4.79. The zero-order valence-electron chi connectivity index (χ0n) is 15.4. The van der Waals surface area contributed by atoms with E-state index in [1.54, 1.807) is 0 Å². The van der Waals surface area contributed by atoms with Gasteiger partial charge in [-0.1, -0.05) is 0 Å². The Balaban J connectivity index is 1.21. The number of hydrogen-bond acceptors (Lipinski definition) is 4. The molecule has 2 amide bonds. The summed E-state index contributed by atoms with van der Waals surface area (Å²) in [5, 5.41) is 6.74. The van der Waals surface area contributed by atoms with Gasteiger partial charge in [0.05, 0.1) is 6.04 Å². The normalized spacial score (nSPS) is 34.0. The van der Waals surface area contributed by atoms with E-state index in [4.69, 9.17) is 0 Å². The minimum Gasteiger partial charge on any atom is -0.352 e. The molecule has 4 rings (SSSR count). The van der Waals surface area contributed by atoms with E-state index in [-0.39, 0.29) is 11.9 Å². The molecular formula is C19H32N4O2. The lowest BCUT2D eigenvalue weighted by Gasteiger charge is -2.38. The smallest absolute Gasteiger partial charge is 0.237 e. The molecule has 6 heteroatoms. The van der Waals surface area contributed by atoms with Crippen molar-refractivity contribution in [1.82, 2.24) is 20.4 Å². The standard InChI is InChI=1S/C19H32N4O2/c1-13(19(25)21-15-2-3-15)22-6-8-23(9-7-22)18(24)12-14-10-16-4-5-17(11-14)20-16/h13-17,20H,2-12H2,1H3,(H,21,25). The lowest BCUT2D eigenvalue weighted by molar-refractivity contribution is -0.135. The predicted octanol–water partition coefficient (Wildman–Crippen LogP) is 0.718. The molecule has 3 atom stereocenters. The first-order valence-corrected chi connectivity index (χ1v) is 10.2. The molecule has 0 aromatic heterocycles. The second-order valence-electron chi connectivity index (χ2n) is 8.56. The van der Waals surface area contributed by atoms with Gasteiger partial charge in [0.25, 0.3) is 0 Å². The number of piperidine rings is 1. The molecule has 3 heterocycles. The molecule has 1 saturated carbocycles. The predicted molar refractivity (Wildman–Crippen MR) is 96.1 cm³/mol. The van der Waals surface area contributed by atoms with E-state index < -0.39 is 0 Å². The van der Waals surface area contributed by atoms with Gasteiger partial charge in [-0.2, -0.15) is 0 Å². The summed E-state index contributed by atoms with van der Waals surface area (Å²) in [6.45, 7) is 5.13. The maximum absolute atomic E-state index is 12.7. The number of nitrogens with one attached hydrogen (secondary N) is 2. The highest BCUT2D eigenvalue weighted by Crippen LogP contribution is 2.33. The molecule has 1 aliphatic carbocycles. The Hall–Kier alpha value is -1.14. The monoisotopic (exact) mass is 348 g/mol. The van der Waals surface area contributed by atoms with Gasteiger partial charge >= 0.3 is 0 Å². The third-order valence-electron chi connectivity index (χ3n) is 6.55. The fourth-order valence-electron chi connectivity index (χ4n) is 4.79. The van der Waals surface area contributed by atoms with Gasteiger partial charge in [0.1, 0.15) is 0 Å². The van der Waals surface area contributed by atoms with E-state index >= 15 is 0 Å². The lowest BCUT2D eigenvalue weighted by atomic mass is 9.89. The maximum Gasteiger partial charge on any atom is 0.237 e. The second kappa shape index (κ2) is 7.23. The molecule has 0 aromatic carbocycles. The highest BCUT2D eigenvalue weighted by molar-refractivity contribution is 5.82. The number of fused-ring (bicyclic) bond motifs is 2. The quantitative estimate of drug-likeness (QED) is 0.768. The zero-order chi connectivity index (χ0) is 17.4. The molecule has 25 heavy (non-hydrogen) atoms. The molecule has 3 aliphatic heterocycles. The van der Waals surface area contributed by atoms with Crippen LogP contribution in [0.4, 0.5) is 0 Å². The summed E-state index contributed by atoms with van der Waals surface area (Å²) >= 11 is 0. The van der Waals surface area contributed by atoms with Crippen molar-refractivity contribution in [1.29, 1.82) is 0 Å². The van der Waals surface area contributed by atoms with Gasteiger partial charge in [0, 0.05) is 50.7 Å². The van der Waals surface area contributed by atoms with Crippen LogP contribution in [-0.4, -0.2) is 72.0 Å². The van der Waals surface area contributed by atoms with Crippen molar-refractivity contribution in [2.45, 2.75) is 76.0 Å². The van der Waals surface area contributed by atoms with E-state index in [9.17, 15) is 9.59 Å². The van der Waals surface area contributed by atoms with Crippen LogP contribution in [0.1, 0.15) is 51.9 Å². The number of piperazine rings is 1. The van der Waals surface area contributed by atoms with Crippen LogP contribution < -0.4 is 10.6 Å². The van der Waals surface area contributed by atoms with Crippen molar-refractivity contribution in [2.24, 2.45) is 5.92 Å². The number of hydrogen-bond donors (Lipinski definition) is 2. The number of nitrogens with zero attached hydrogens (tertiary/aromatic N) is 2. The average molecular weight is 348 g/mol. The van der Waals surface area contributed by atoms with Gasteiger partial charge in [-0.15, -0.1) is 0 Å². The molecule has 0 aromatic rings. The number of carbonyl (C=O) groups is 2. The molecule has 4 aliphatic rings. The van der Waals surface area contributed by atoms with Crippen molar-refractivity contribution >= 4 is 11.8 Å². The summed E-state index contributed by atoms with van der Waals surface area (Å²) in [7, 11) is 0. The third kappa shape index (κ3) is 4.17. The first kappa shape index (κ1) is 17.3. The molecule has 2 N–H and O–H groups in total. The first-order valence-electron chi connectivity index (χ1n) is 10.2. The van der Waals surface area contributed by atoms with Gasteiger partial charge in [-0.05, 0) is 51.4 Å². The summed E-state index contributed by atoms with van der Waals surface area (Å²) < 4.78 is 0. The van der Waals surface area contributed by atoms with Crippen LogP contribution in [-0.2, 0) is 9.59 Å². The van der Waals surface area contributed by atoms with Gasteiger partial charge in [0.15, 0.2) is 0 Å². The number of carbonyl (C=O) groups excluding carboxylic acids is 2. The molecule has 3 unspecified atom stereocenters. The van der Waals surface area contributed by atoms with Crippen LogP contribution in [0.2, 0.25) is 0 Å². The van der Waals surface area contributed by atoms with Crippen molar-refractivity contribution < 1.29 is 9.59 Å². The highest BCUT2D eigenvalue weighted by atomic mass is 16.2. The highest BCUT2D eigenvalue weighted by Gasteiger charge is 2.36. The van der Waals surface area contributed by atoms with E-state index in [2.05, 4.69) is 15.5 Å². The van der Waals surface area contributed by atoms with Crippen molar-refractivity contribution in [3.05, 3.63) is 0 Å². The molecular weight excluding hydrogens is 316 g/mol. The fraction of sp³-hybridized carbons (Fsp3) is 0.895. The zero-order valence-corrected chi connectivity index (χ0v) is 15.4. The third-order valence-corrected chi connectivity index (χ3v) is 6.55. The Morgan fingerprint density at radius 2 is 1.68 bits per heavy atom. The summed E-state index contributed by atoms with van der Waals surface area (Å²) in [5.41, 5.74) is 0. The number of amides is 2. The molecule has 4 fully saturated rings. The topological polar surface area (TPSA) is 64.7 Å². The van der Waals surface area contributed by atoms with Gasteiger partial charge in [-0.3, -0.25) is 14.5 Å². The average Bonchev–Trinajstić information content (AvgIpc) is 3.37. The summed E-state index contributed by atoms with van der Waals surface area (Å²) in [6, 6.07) is 1.63. The van der Waals surface area contributed by atoms with Crippen molar-refractivity contribution in [3.63, 3.8) is 0 Å². The summed E-state index contributed by atoms with van der Waals surface area (Å²) in [5.74, 6) is 1.03. The van der Waals surface area contributed by atoms with E-state index in [0.29, 0.717) is 36.4 Å². The van der Waals surface area contributed by atoms with Crippen molar-refractivity contribution in [2.75, 3.05) is 26.2 Å². The largest absolute Gasteiger partial charge is 0.352 e. The summed E-state index contributed by atoms with van der Waals surface area (Å²) in [4.78, 5) is 29.1. The Kier molecular flexibility index (Phi) is 5.00. The number of rotatable bonds is 5. The SMILES string of the molecule is CC(C(=O)NC1CC1)N1CCN(C(=O)CC2CC3CCC(C2)N3)CC1. The Morgan fingerprint density at radius 1 is 1.04 bits per heavy atom. The van der Waals surface area contributed by atoms with Gasteiger partial charge < -0.3 is 15.5 Å². The minimum atomic E-state index is -0.0853. The maximum atomic E-state index is 12.7. The van der Waals surface area contributed by atoms with Crippen LogP contribution in [0, 0.1) is 5.92 Å². The van der Waals surface area contributed by atoms with Crippen LogP contribution in [0.5, 0.6) is 0 Å². The molecule has 3 saturated heterocycles. The van der Waals surface area contributed by atoms with Gasteiger partial charge in [-0.25, -0.2) is 0 Å². The molecule has 2 bridgehead atoms. The van der Waals surface area contributed by atoms with Crippen LogP contribution in [0.15, 0.2) is 0 Å². The van der Waals surface area contributed by atoms with E-state index in [1.807, 2.05) is 11.8 Å². The summed E-state index contributed by atoms with van der Waals surface area (Å²) in [6.07, 6.45) is 7.87. The Labute approximate surface area is 150 Å². The van der Waals surface area contributed by atoms with Crippen LogP contribution >= 0.6 is 0 Å².